The molecule has 0 unspecified atom stereocenters. The van der Waals surface area contributed by atoms with Crippen molar-refractivity contribution in [2.75, 3.05) is 6.61 Å². The van der Waals surface area contributed by atoms with Crippen LogP contribution in [0.25, 0.3) is 0 Å². The van der Waals surface area contributed by atoms with Gasteiger partial charge < -0.3 is 10.2 Å². The van der Waals surface area contributed by atoms with Crippen molar-refractivity contribution in [3.8, 4) is 0 Å². The van der Waals surface area contributed by atoms with E-state index in [2.05, 4.69) is 15.9 Å². The predicted octanol–water partition coefficient (Wildman–Crippen LogP) is -0.554. The SMILES string of the molecule is O=C(O)[C@@H](Br)CO.[K]. The number of hydrogen-bond donors (Lipinski definition) is 2. The Bertz CT molecular complexity index is 76.9. The van der Waals surface area contributed by atoms with E-state index in [1.165, 1.54) is 0 Å². The molecular formula is C3H5BrKO3. The summed E-state index contributed by atoms with van der Waals surface area (Å²) in [7, 11) is 0. The van der Waals surface area contributed by atoms with E-state index >= 15 is 0 Å². The Labute approximate surface area is 98.0 Å². The van der Waals surface area contributed by atoms with Crippen LogP contribution in [0.2, 0.25) is 0 Å². The van der Waals surface area contributed by atoms with Gasteiger partial charge in [-0.3, -0.25) is 4.79 Å². The van der Waals surface area contributed by atoms with Crippen LogP contribution in [-0.4, -0.2) is 79.0 Å². The van der Waals surface area contributed by atoms with Crippen LogP contribution in [0.4, 0.5) is 0 Å². The van der Waals surface area contributed by atoms with Gasteiger partial charge in [0, 0.05) is 51.4 Å². The van der Waals surface area contributed by atoms with Crippen LogP contribution >= 0.6 is 15.9 Å². The molecule has 43 valence electrons. The van der Waals surface area contributed by atoms with Gasteiger partial charge in [0.2, 0.25) is 0 Å². The van der Waals surface area contributed by atoms with Crippen molar-refractivity contribution in [1.82, 2.24) is 0 Å². The number of carbonyl (C=O) groups is 1. The Morgan fingerprint density at radius 2 is 2.12 bits per heavy atom. The molecule has 0 saturated heterocycles. The maximum absolute atomic E-state index is 9.72. The summed E-state index contributed by atoms with van der Waals surface area (Å²) in [6, 6.07) is 0. The molecule has 8 heavy (non-hydrogen) atoms. The van der Waals surface area contributed by atoms with Gasteiger partial charge in [-0.05, 0) is 0 Å². The van der Waals surface area contributed by atoms with Crippen LogP contribution in [0, 0.1) is 0 Å². The van der Waals surface area contributed by atoms with Crippen molar-refractivity contribution < 1.29 is 15.0 Å². The van der Waals surface area contributed by atoms with Gasteiger partial charge >= 0.3 is 5.97 Å². The Balaban J connectivity index is 0. The molecule has 0 rings (SSSR count). The second kappa shape index (κ2) is 6.66. The zero-order valence-corrected chi connectivity index (χ0v) is 9.17. The molecule has 5 heteroatoms. The molecule has 0 amide bonds. The Morgan fingerprint density at radius 1 is 1.75 bits per heavy atom. The first-order valence-electron chi connectivity index (χ1n) is 1.66. The molecular weight excluding hydrogens is 203 g/mol. The molecule has 1 radical (unpaired) electrons. The van der Waals surface area contributed by atoms with Gasteiger partial charge in [0.1, 0.15) is 4.83 Å². The molecule has 0 aliphatic carbocycles. The second-order valence-electron chi connectivity index (χ2n) is 0.988. The minimum absolute atomic E-state index is 0. The van der Waals surface area contributed by atoms with E-state index in [-0.39, 0.29) is 58.0 Å². The summed E-state index contributed by atoms with van der Waals surface area (Å²) in [6.07, 6.45) is 0. The van der Waals surface area contributed by atoms with E-state index in [1.54, 1.807) is 0 Å². The van der Waals surface area contributed by atoms with Gasteiger partial charge in [-0.15, -0.1) is 0 Å². The molecule has 0 aromatic rings. The number of carboxylic acids is 1. The average Bonchev–Trinajstić information content (AvgIpc) is 1.65. The van der Waals surface area contributed by atoms with Crippen molar-refractivity contribution in [2.45, 2.75) is 4.83 Å². The van der Waals surface area contributed by atoms with Gasteiger partial charge in [-0.2, -0.15) is 0 Å². The summed E-state index contributed by atoms with van der Waals surface area (Å²) in [5.41, 5.74) is 0. The molecule has 0 aliphatic heterocycles. The molecule has 0 fully saturated rings. The number of alkyl halides is 1. The molecule has 0 heterocycles. The summed E-state index contributed by atoms with van der Waals surface area (Å²) in [5.74, 6) is -1.04. The maximum Gasteiger partial charge on any atom is 0.319 e. The second-order valence-corrected chi connectivity index (χ2v) is 2.09. The van der Waals surface area contributed by atoms with Gasteiger partial charge in [0.05, 0.1) is 6.61 Å². The molecule has 0 aromatic heterocycles. The minimum Gasteiger partial charge on any atom is -0.480 e. The van der Waals surface area contributed by atoms with Crippen molar-refractivity contribution in [2.24, 2.45) is 0 Å². The van der Waals surface area contributed by atoms with Gasteiger partial charge in [-0.25, -0.2) is 0 Å². The summed E-state index contributed by atoms with van der Waals surface area (Å²) >= 11 is 2.69. The number of carboxylic acid groups (broad SMARTS) is 1. The van der Waals surface area contributed by atoms with Crippen LogP contribution in [0.15, 0.2) is 0 Å². The molecule has 0 spiro atoms. The molecule has 1 atom stereocenters. The molecule has 0 saturated carbocycles. The predicted molar refractivity (Wildman–Crippen MR) is 33.2 cm³/mol. The number of halogens is 1. The monoisotopic (exact) mass is 207 g/mol. The van der Waals surface area contributed by atoms with E-state index in [4.69, 9.17) is 10.2 Å². The normalized spacial score (nSPS) is 11.8. The Kier molecular flexibility index (Phi) is 10.2. The standard InChI is InChI=1S/C3H5BrO3.K/c4-2(1-5)3(6)7;/h2,5H,1H2,(H,6,7);/t2-;/m0./s1. The summed E-state index contributed by atoms with van der Waals surface area (Å²) in [6.45, 7) is -0.366. The van der Waals surface area contributed by atoms with Crippen LogP contribution in [-0.2, 0) is 4.79 Å². The van der Waals surface area contributed by atoms with Crippen molar-refractivity contribution in [3.63, 3.8) is 0 Å². The van der Waals surface area contributed by atoms with E-state index in [0.29, 0.717) is 0 Å². The van der Waals surface area contributed by atoms with E-state index in [0.717, 1.165) is 0 Å². The topological polar surface area (TPSA) is 57.5 Å². The van der Waals surface area contributed by atoms with Crippen molar-refractivity contribution in [3.05, 3.63) is 0 Å². The van der Waals surface area contributed by atoms with Crippen LogP contribution in [0.5, 0.6) is 0 Å². The maximum atomic E-state index is 9.72. The first-order chi connectivity index (χ1) is 3.18. The zero-order valence-electron chi connectivity index (χ0n) is 4.47. The third kappa shape index (κ3) is 5.68. The minimum atomic E-state index is -1.04. The summed E-state index contributed by atoms with van der Waals surface area (Å²) in [4.78, 5) is 8.91. The summed E-state index contributed by atoms with van der Waals surface area (Å²) in [5, 5.41) is 16.1. The number of aliphatic hydroxyl groups is 1. The smallest absolute Gasteiger partial charge is 0.319 e. The molecule has 0 bridgehead atoms. The number of rotatable bonds is 2. The third-order valence-electron chi connectivity index (χ3n) is 0.428. The Hall–Kier alpha value is 1.55. The van der Waals surface area contributed by atoms with Crippen LogP contribution < -0.4 is 0 Å². The Morgan fingerprint density at radius 3 is 2.12 bits per heavy atom. The fourth-order valence-electron chi connectivity index (χ4n) is 0.0781. The number of hydrogen-bond acceptors (Lipinski definition) is 2. The third-order valence-corrected chi connectivity index (χ3v) is 1.11. The van der Waals surface area contributed by atoms with E-state index in [1.807, 2.05) is 0 Å². The van der Waals surface area contributed by atoms with E-state index < -0.39 is 10.8 Å². The zero-order chi connectivity index (χ0) is 5.86. The quantitative estimate of drug-likeness (QED) is 0.472. The fourth-order valence-corrected chi connectivity index (χ4v) is 0.0781. The first kappa shape index (κ1) is 12.2. The molecule has 0 aliphatic rings. The van der Waals surface area contributed by atoms with Gasteiger partial charge in [0.15, 0.2) is 0 Å². The van der Waals surface area contributed by atoms with Crippen molar-refractivity contribution >= 4 is 73.3 Å². The number of aliphatic carboxylic acids is 1. The fraction of sp³-hybridized carbons (Fsp3) is 0.667. The van der Waals surface area contributed by atoms with Gasteiger partial charge in [0.25, 0.3) is 0 Å². The average molecular weight is 208 g/mol. The summed E-state index contributed by atoms with van der Waals surface area (Å²) < 4.78 is 0. The molecule has 0 aromatic carbocycles. The molecule has 3 nitrogen and oxygen atoms in total. The largest absolute Gasteiger partial charge is 0.480 e. The van der Waals surface area contributed by atoms with Crippen LogP contribution in [0.3, 0.4) is 0 Å². The molecule has 2 N–H and O–H groups in total. The van der Waals surface area contributed by atoms with E-state index in [9.17, 15) is 4.79 Å². The first-order valence-corrected chi connectivity index (χ1v) is 2.57. The van der Waals surface area contributed by atoms with Crippen molar-refractivity contribution in [1.29, 1.82) is 0 Å². The van der Waals surface area contributed by atoms with Gasteiger partial charge in [-0.1, -0.05) is 15.9 Å². The number of aliphatic hydroxyl groups excluding tert-OH is 1. The van der Waals surface area contributed by atoms with Crippen LogP contribution in [0.1, 0.15) is 0 Å².